The summed E-state index contributed by atoms with van der Waals surface area (Å²) in [6.07, 6.45) is 4.56. The molecule has 2 aromatic heterocycles. The van der Waals surface area contributed by atoms with Gasteiger partial charge in [0.1, 0.15) is 11.5 Å². The van der Waals surface area contributed by atoms with E-state index in [1.807, 2.05) is 24.3 Å². The highest BCUT2D eigenvalue weighted by Gasteiger charge is 2.23. The third kappa shape index (κ3) is 5.03. The molecule has 0 saturated heterocycles. The van der Waals surface area contributed by atoms with Crippen molar-refractivity contribution >= 4 is 39.9 Å². The Bertz CT molecular complexity index is 1420. The molecule has 4 rings (SSSR count). The lowest BCUT2D eigenvalue weighted by Crippen LogP contribution is -2.28. The molecule has 0 atom stereocenters. The molecule has 0 fully saturated rings. The predicted molar refractivity (Wildman–Crippen MR) is 130 cm³/mol. The predicted octanol–water partition coefficient (Wildman–Crippen LogP) is 3.64. The minimum absolute atomic E-state index is 0.0488. The van der Waals surface area contributed by atoms with Gasteiger partial charge in [-0.3, -0.25) is 19.9 Å². The Labute approximate surface area is 199 Å². The lowest BCUT2D eigenvalue weighted by atomic mass is 10.1. The van der Waals surface area contributed by atoms with Crippen LogP contribution in [-0.4, -0.2) is 33.4 Å². The zero-order chi connectivity index (χ0) is 24.9. The van der Waals surface area contributed by atoms with Gasteiger partial charge in [-0.05, 0) is 24.4 Å². The molecule has 35 heavy (non-hydrogen) atoms. The van der Waals surface area contributed by atoms with Crippen LogP contribution in [0.3, 0.4) is 0 Å². The van der Waals surface area contributed by atoms with Crippen LogP contribution in [0.2, 0.25) is 0 Å². The van der Waals surface area contributed by atoms with Crippen molar-refractivity contribution < 1.29 is 18.7 Å². The number of pyridine rings is 1. The Balaban J connectivity index is 1.59. The van der Waals surface area contributed by atoms with Crippen molar-refractivity contribution in [3.05, 3.63) is 84.5 Å². The number of amides is 2. The topological polar surface area (TPSA) is 147 Å². The summed E-state index contributed by atoms with van der Waals surface area (Å²) in [6, 6.07) is 10.3. The minimum atomic E-state index is -0.862. The van der Waals surface area contributed by atoms with Crippen molar-refractivity contribution in [1.82, 2.24) is 20.3 Å². The van der Waals surface area contributed by atoms with Gasteiger partial charge in [-0.2, -0.15) is 0 Å². The Morgan fingerprint density at radius 1 is 1.14 bits per heavy atom. The molecule has 2 heterocycles. The SMILES string of the molecule is C=C(NC(=O)c1cc2ccccc2cn1)Nc1c(C(=O)Nc2ncc[nH]2)cc(OCC)c(F)c1N. The molecular formula is C24H22FN7O3. The maximum absolute atomic E-state index is 14.8. The fourth-order valence-corrected chi connectivity index (χ4v) is 3.33. The van der Waals surface area contributed by atoms with E-state index in [1.165, 1.54) is 18.5 Å². The number of nitrogens with two attached hydrogens (primary N) is 1. The number of fused-ring (bicyclic) bond motifs is 1. The molecule has 0 unspecified atom stereocenters. The zero-order valence-electron chi connectivity index (χ0n) is 18.7. The van der Waals surface area contributed by atoms with Gasteiger partial charge in [0.15, 0.2) is 11.6 Å². The molecule has 2 aromatic carbocycles. The third-order valence-electron chi connectivity index (χ3n) is 4.95. The van der Waals surface area contributed by atoms with E-state index in [9.17, 15) is 14.0 Å². The number of ether oxygens (including phenoxy) is 1. The van der Waals surface area contributed by atoms with Gasteiger partial charge in [0.05, 0.1) is 23.5 Å². The molecule has 0 aliphatic rings. The number of imidazole rings is 1. The van der Waals surface area contributed by atoms with E-state index >= 15 is 0 Å². The summed E-state index contributed by atoms with van der Waals surface area (Å²) in [5.41, 5.74) is 5.59. The van der Waals surface area contributed by atoms with Gasteiger partial charge in [0.25, 0.3) is 11.8 Å². The van der Waals surface area contributed by atoms with E-state index in [1.54, 1.807) is 19.2 Å². The Morgan fingerprint density at radius 3 is 2.63 bits per heavy atom. The molecule has 4 aromatic rings. The van der Waals surface area contributed by atoms with Crippen LogP contribution < -0.4 is 26.4 Å². The first-order valence-electron chi connectivity index (χ1n) is 10.5. The van der Waals surface area contributed by atoms with Crippen molar-refractivity contribution in [2.45, 2.75) is 6.92 Å². The van der Waals surface area contributed by atoms with Gasteiger partial charge < -0.3 is 26.1 Å². The largest absolute Gasteiger partial charge is 0.491 e. The number of halogens is 1. The van der Waals surface area contributed by atoms with Crippen LogP contribution >= 0.6 is 0 Å². The summed E-state index contributed by atoms with van der Waals surface area (Å²) in [4.78, 5) is 36.5. The normalized spacial score (nSPS) is 10.6. The number of rotatable bonds is 8. The summed E-state index contributed by atoms with van der Waals surface area (Å²) in [5, 5.41) is 9.52. The first-order chi connectivity index (χ1) is 16.9. The van der Waals surface area contributed by atoms with Gasteiger partial charge in [-0.15, -0.1) is 0 Å². The van der Waals surface area contributed by atoms with Crippen LogP contribution in [-0.2, 0) is 0 Å². The summed E-state index contributed by atoms with van der Waals surface area (Å²) in [5.74, 6) is -2.14. The van der Waals surface area contributed by atoms with E-state index in [-0.39, 0.29) is 46.8 Å². The average molecular weight is 475 g/mol. The number of nitrogen functional groups attached to an aromatic ring is 1. The fraction of sp³-hybridized carbons (Fsp3) is 0.0833. The molecule has 6 N–H and O–H groups in total. The number of aromatic amines is 1. The van der Waals surface area contributed by atoms with Crippen molar-refractivity contribution in [3.8, 4) is 5.75 Å². The first-order valence-corrected chi connectivity index (χ1v) is 10.5. The molecule has 0 bridgehead atoms. The Kier molecular flexibility index (Phi) is 6.58. The van der Waals surface area contributed by atoms with Crippen LogP contribution in [0.4, 0.5) is 21.7 Å². The number of anilines is 3. The number of carbonyl (C=O) groups is 2. The minimum Gasteiger partial charge on any atom is -0.491 e. The quantitative estimate of drug-likeness (QED) is 0.244. The Morgan fingerprint density at radius 2 is 1.91 bits per heavy atom. The lowest BCUT2D eigenvalue weighted by Gasteiger charge is -2.18. The van der Waals surface area contributed by atoms with Crippen molar-refractivity contribution in [1.29, 1.82) is 0 Å². The second kappa shape index (κ2) is 9.91. The lowest BCUT2D eigenvalue weighted by molar-refractivity contribution is 0.0961. The molecule has 2 amide bonds. The number of hydrogen-bond acceptors (Lipinski definition) is 7. The first kappa shape index (κ1) is 23.2. The number of nitrogens with one attached hydrogen (secondary N) is 4. The van der Waals surface area contributed by atoms with E-state index < -0.39 is 17.6 Å². The summed E-state index contributed by atoms with van der Waals surface area (Å²) >= 11 is 0. The molecule has 10 nitrogen and oxygen atoms in total. The maximum atomic E-state index is 14.8. The molecule has 11 heteroatoms. The van der Waals surface area contributed by atoms with Crippen LogP contribution in [0, 0.1) is 5.82 Å². The van der Waals surface area contributed by atoms with Crippen molar-refractivity contribution in [3.63, 3.8) is 0 Å². The molecule has 0 aliphatic heterocycles. The van der Waals surface area contributed by atoms with Gasteiger partial charge in [-0.25, -0.2) is 9.37 Å². The van der Waals surface area contributed by atoms with Crippen molar-refractivity contribution in [2.24, 2.45) is 0 Å². The van der Waals surface area contributed by atoms with E-state index in [4.69, 9.17) is 10.5 Å². The number of benzene rings is 2. The summed E-state index contributed by atoms with van der Waals surface area (Å²) in [7, 11) is 0. The monoisotopic (exact) mass is 475 g/mol. The third-order valence-corrected chi connectivity index (χ3v) is 4.95. The van der Waals surface area contributed by atoms with Gasteiger partial charge >= 0.3 is 0 Å². The number of aromatic nitrogens is 3. The van der Waals surface area contributed by atoms with Crippen LogP contribution in [0.5, 0.6) is 5.75 Å². The highest BCUT2D eigenvalue weighted by atomic mass is 19.1. The molecule has 0 radical (unpaired) electrons. The zero-order valence-corrected chi connectivity index (χ0v) is 18.7. The van der Waals surface area contributed by atoms with Crippen LogP contribution in [0.15, 0.2) is 67.4 Å². The van der Waals surface area contributed by atoms with Crippen LogP contribution in [0.25, 0.3) is 10.8 Å². The average Bonchev–Trinajstić information content (AvgIpc) is 3.36. The fourth-order valence-electron chi connectivity index (χ4n) is 3.33. The van der Waals surface area contributed by atoms with Crippen LogP contribution in [0.1, 0.15) is 27.8 Å². The molecule has 0 aliphatic carbocycles. The van der Waals surface area contributed by atoms with E-state index in [0.29, 0.717) is 0 Å². The van der Waals surface area contributed by atoms with Gasteiger partial charge in [-0.1, -0.05) is 30.8 Å². The Hall–Kier alpha value is -4.93. The summed E-state index contributed by atoms with van der Waals surface area (Å²) < 4.78 is 20.1. The molecule has 0 spiro atoms. The van der Waals surface area contributed by atoms with Gasteiger partial charge in [0, 0.05) is 24.0 Å². The number of hydrogen-bond donors (Lipinski definition) is 5. The standard InChI is InChI=1S/C24H22FN7O3/c1-3-35-18-11-16(22(33)32-24-27-8-9-28-24)21(20(26)19(18)25)30-13(2)31-23(34)17-10-14-6-4-5-7-15(14)12-29-17/h4-12,30H,2-3,26H2,1H3,(H,31,34)(H2,27,28,32,33). The second-order valence-electron chi connectivity index (χ2n) is 7.32. The number of nitrogens with zero attached hydrogens (tertiary/aromatic N) is 2. The summed E-state index contributed by atoms with van der Waals surface area (Å²) in [6.45, 7) is 5.58. The molecule has 178 valence electrons. The maximum Gasteiger partial charge on any atom is 0.275 e. The second-order valence-corrected chi connectivity index (χ2v) is 7.32. The van der Waals surface area contributed by atoms with E-state index in [0.717, 1.165) is 10.8 Å². The van der Waals surface area contributed by atoms with E-state index in [2.05, 4.69) is 37.5 Å². The molecular weight excluding hydrogens is 453 g/mol. The molecule has 0 saturated carbocycles. The number of carbonyl (C=O) groups excluding carboxylic acids is 2. The smallest absolute Gasteiger partial charge is 0.275 e. The van der Waals surface area contributed by atoms with Gasteiger partial charge in [0.2, 0.25) is 5.95 Å². The number of H-pyrrole nitrogens is 1. The van der Waals surface area contributed by atoms with Crippen molar-refractivity contribution in [2.75, 3.05) is 23.0 Å². The highest BCUT2D eigenvalue weighted by molar-refractivity contribution is 6.10. The highest BCUT2D eigenvalue weighted by Crippen LogP contribution is 2.35.